The van der Waals surface area contributed by atoms with Gasteiger partial charge in [0, 0.05) is 4.47 Å². The van der Waals surface area contributed by atoms with Crippen molar-refractivity contribution in [3.63, 3.8) is 0 Å². The van der Waals surface area contributed by atoms with Crippen LogP contribution in [0, 0.1) is 0 Å². The molecule has 1 aliphatic heterocycles. The number of fused-ring (bicyclic) bond motifs is 1. The molecule has 0 fully saturated rings. The Morgan fingerprint density at radius 3 is 2.86 bits per heavy atom. The number of halogens is 1. The number of anilines is 2. The molecule has 1 aliphatic rings. The fourth-order valence-electron chi connectivity index (χ4n) is 2.78. The first-order chi connectivity index (χ1) is 13.5. The van der Waals surface area contributed by atoms with E-state index in [9.17, 15) is 9.59 Å². The number of nitrogens with zero attached hydrogens (tertiary/aromatic N) is 3. The van der Waals surface area contributed by atoms with Gasteiger partial charge in [-0.25, -0.2) is 9.67 Å². The molecule has 1 aromatic heterocycles. The van der Waals surface area contributed by atoms with Gasteiger partial charge in [0.25, 0.3) is 11.8 Å². The largest absolute Gasteiger partial charge is 0.478 e. The van der Waals surface area contributed by atoms with Crippen LogP contribution in [0.2, 0.25) is 0 Å². The Hall–Kier alpha value is -3.20. The van der Waals surface area contributed by atoms with E-state index in [0.717, 1.165) is 10.0 Å². The number of carbonyl (C=O) groups is 2. The molecular weight excluding hydrogens is 426 g/mol. The van der Waals surface area contributed by atoms with Gasteiger partial charge in [-0.3, -0.25) is 14.9 Å². The van der Waals surface area contributed by atoms with E-state index >= 15 is 0 Å². The van der Waals surface area contributed by atoms with Crippen LogP contribution < -0.4 is 15.4 Å². The van der Waals surface area contributed by atoms with Crippen molar-refractivity contribution in [2.24, 2.45) is 0 Å². The number of nitrogens with one attached hydrogen (secondary N) is 2. The number of ether oxygens (including phenoxy) is 1. The Balaban J connectivity index is 1.49. The number of rotatable bonds is 4. The molecule has 0 saturated carbocycles. The highest BCUT2D eigenvalue weighted by atomic mass is 79.9. The second-order valence-electron chi connectivity index (χ2n) is 6.28. The summed E-state index contributed by atoms with van der Waals surface area (Å²) < 4.78 is 8.24. The zero-order valence-electron chi connectivity index (χ0n) is 14.8. The third kappa shape index (κ3) is 3.74. The minimum atomic E-state index is -0.676. The Bertz CT molecular complexity index is 1050. The zero-order valence-corrected chi connectivity index (χ0v) is 16.4. The van der Waals surface area contributed by atoms with Gasteiger partial charge >= 0.3 is 0 Å². The average Bonchev–Trinajstić information content (AvgIpc) is 3.11. The summed E-state index contributed by atoms with van der Waals surface area (Å²) in [6, 6.07) is 12.8. The predicted molar refractivity (Wildman–Crippen MR) is 106 cm³/mol. The minimum Gasteiger partial charge on any atom is -0.478 e. The highest BCUT2D eigenvalue weighted by Crippen LogP contribution is 2.33. The van der Waals surface area contributed by atoms with Crippen LogP contribution >= 0.6 is 15.9 Å². The normalized spacial score (nSPS) is 15.4. The summed E-state index contributed by atoms with van der Waals surface area (Å²) in [5, 5.41) is 9.67. The third-order valence-electron chi connectivity index (χ3n) is 4.20. The first-order valence-electron chi connectivity index (χ1n) is 8.55. The van der Waals surface area contributed by atoms with Crippen LogP contribution in [0.25, 0.3) is 0 Å². The number of hydrogen-bond donors (Lipinski definition) is 2. The molecule has 1 atom stereocenters. The van der Waals surface area contributed by atoms with Gasteiger partial charge in [0.05, 0.1) is 17.8 Å². The molecule has 142 valence electrons. The maximum atomic E-state index is 12.7. The lowest BCUT2D eigenvalue weighted by molar-refractivity contribution is -0.122. The highest BCUT2D eigenvalue weighted by molar-refractivity contribution is 9.10. The van der Waals surface area contributed by atoms with Crippen LogP contribution in [-0.4, -0.2) is 32.7 Å². The molecule has 0 saturated heterocycles. The van der Waals surface area contributed by atoms with E-state index in [-0.39, 0.29) is 11.9 Å². The summed E-state index contributed by atoms with van der Waals surface area (Å²) in [6.07, 6.45) is 0.876. The van der Waals surface area contributed by atoms with Gasteiger partial charge in [-0.1, -0.05) is 34.1 Å². The van der Waals surface area contributed by atoms with E-state index in [0.29, 0.717) is 23.5 Å². The molecule has 8 nitrogen and oxygen atoms in total. The summed E-state index contributed by atoms with van der Waals surface area (Å²) >= 11 is 3.40. The van der Waals surface area contributed by atoms with Crippen LogP contribution in [0.4, 0.5) is 11.6 Å². The predicted octanol–water partition coefficient (Wildman–Crippen LogP) is 3.06. The Morgan fingerprint density at radius 2 is 2.07 bits per heavy atom. The van der Waals surface area contributed by atoms with Crippen molar-refractivity contribution in [1.29, 1.82) is 0 Å². The fourth-order valence-corrected chi connectivity index (χ4v) is 3.04. The van der Waals surface area contributed by atoms with Gasteiger partial charge < -0.3 is 10.1 Å². The van der Waals surface area contributed by atoms with Crippen molar-refractivity contribution < 1.29 is 14.3 Å². The maximum absolute atomic E-state index is 12.7. The molecule has 9 heteroatoms. The summed E-state index contributed by atoms with van der Waals surface area (Å²) in [5.74, 6) is -0.144. The Kier molecular flexibility index (Phi) is 4.82. The Labute approximate surface area is 169 Å². The van der Waals surface area contributed by atoms with Gasteiger partial charge in [-0.2, -0.15) is 0 Å². The number of carbonyl (C=O) groups excluding carboxylic acids is 2. The third-order valence-corrected chi connectivity index (χ3v) is 4.73. The number of hydrogen-bond acceptors (Lipinski definition) is 5. The molecule has 2 aromatic carbocycles. The molecule has 3 aromatic rings. The topological polar surface area (TPSA) is 98.1 Å². The second kappa shape index (κ2) is 7.43. The minimum absolute atomic E-state index is 0.188. The first kappa shape index (κ1) is 18.2. The first-order valence-corrected chi connectivity index (χ1v) is 9.34. The van der Waals surface area contributed by atoms with Crippen LogP contribution in [0.1, 0.15) is 22.8 Å². The lowest BCUT2D eigenvalue weighted by Crippen LogP contribution is -2.35. The Morgan fingerprint density at radius 1 is 1.29 bits per heavy atom. The summed E-state index contributed by atoms with van der Waals surface area (Å²) in [7, 11) is 0. The average molecular weight is 442 g/mol. The van der Waals surface area contributed by atoms with Crippen LogP contribution in [0.3, 0.4) is 0 Å². The SMILES string of the molecule is CC1Oc2c(cccc2C(=O)Nc2ncn(Cc3ccc(Br)cc3)n2)NC1=O. The molecule has 1 unspecified atom stereocenters. The number of para-hydroxylation sites is 1. The molecule has 0 spiro atoms. The van der Waals surface area contributed by atoms with E-state index in [2.05, 4.69) is 36.6 Å². The zero-order chi connectivity index (χ0) is 19.7. The molecular formula is C19H16BrN5O3. The summed E-state index contributed by atoms with van der Waals surface area (Å²) in [5.41, 5.74) is 1.82. The van der Waals surface area contributed by atoms with E-state index in [1.54, 1.807) is 36.1 Å². The van der Waals surface area contributed by atoms with Gasteiger partial charge in [0.2, 0.25) is 5.95 Å². The lowest BCUT2D eigenvalue weighted by atomic mass is 10.1. The molecule has 0 bridgehead atoms. The highest BCUT2D eigenvalue weighted by Gasteiger charge is 2.27. The van der Waals surface area contributed by atoms with E-state index in [1.165, 1.54) is 0 Å². The van der Waals surface area contributed by atoms with Gasteiger partial charge in [-0.05, 0) is 36.8 Å². The molecule has 0 radical (unpaired) electrons. The summed E-state index contributed by atoms with van der Waals surface area (Å²) in [6.45, 7) is 2.15. The van der Waals surface area contributed by atoms with Crippen LogP contribution in [-0.2, 0) is 11.3 Å². The van der Waals surface area contributed by atoms with Crippen molar-refractivity contribution >= 4 is 39.4 Å². The summed E-state index contributed by atoms with van der Waals surface area (Å²) in [4.78, 5) is 28.6. The van der Waals surface area contributed by atoms with Crippen LogP contribution in [0.5, 0.6) is 5.75 Å². The van der Waals surface area contributed by atoms with Crippen molar-refractivity contribution in [3.05, 3.63) is 64.4 Å². The maximum Gasteiger partial charge on any atom is 0.265 e. The monoisotopic (exact) mass is 441 g/mol. The molecule has 2 N–H and O–H groups in total. The number of benzene rings is 2. The molecule has 2 heterocycles. The molecule has 2 amide bonds. The smallest absolute Gasteiger partial charge is 0.265 e. The number of amides is 2. The second-order valence-corrected chi connectivity index (χ2v) is 7.19. The van der Waals surface area contributed by atoms with E-state index in [1.807, 2.05) is 24.3 Å². The van der Waals surface area contributed by atoms with Gasteiger partial charge in [-0.15, -0.1) is 5.10 Å². The number of aromatic nitrogens is 3. The molecule has 4 rings (SSSR count). The standard InChI is InChI=1S/C19H16BrN5O3/c1-11-17(26)22-15-4-2-3-14(16(15)28-11)18(27)23-19-21-10-25(24-19)9-12-5-7-13(20)8-6-12/h2-8,10-11H,9H2,1H3,(H,22,26)(H,23,24,27). The van der Waals surface area contributed by atoms with Crippen molar-refractivity contribution in [3.8, 4) is 5.75 Å². The van der Waals surface area contributed by atoms with Crippen molar-refractivity contribution in [2.75, 3.05) is 10.6 Å². The lowest BCUT2D eigenvalue weighted by Gasteiger charge is -2.24. The van der Waals surface area contributed by atoms with E-state index < -0.39 is 12.0 Å². The van der Waals surface area contributed by atoms with E-state index in [4.69, 9.17) is 4.74 Å². The van der Waals surface area contributed by atoms with Crippen LogP contribution in [0.15, 0.2) is 53.3 Å². The van der Waals surface area contributed by atoms with Gasteiger partial charge in [0.1, 0.15) is 6.33 Å². The van der Waals surface area contributed by atoms with Gasteiger partial charge in [0.15, 0.2) is 11.9 Å². The van der Waals surface area contributed by atoms with Crippen molar-refractivity contribution in [2.45, 2.75) is 19.6 Å². The molecule has 28 heavy (non-hydrogen) atoms. The quantitative estimate of drug-likeness (QED) is 0.648. The van der Waals surface area contributed by atoms with Crippen molar-refractivity contribution in [1.82, 2.24) is 14.8 Å². The molecule has 0 aliphatic carbocycles. The fraction of sp³-hybridized carbons (Fsp3) is 0.158.